The molecule has 1 aliphatic rings. The smallest absolute Gasteiger partial charge is 0.119 e. The topological polar surface area (TPSA) is 17.1 Å². The van der Waals surface area contributed by atoms with E-state index in [0.717, 1.165) is 19.1 Å². The van der Waals surface area contributed by atoms with Crippen molar-refractivity contribution in [3.8, 4) is 0 Å². The standard InChI is InChI=1S/C13H22O/c1-12(2)13(10-6-7-11-14)8-4-3-5-9-13/h11H,1,3-10H2,2H3. The Labute approximate surface area is 87.6 Å². The average molecular weight is 194 g/mol. The third-order valence-electron chi connectivity index (χ3n) is 3.69. The van der Waals surface area contributed by atoms with E-state index in [1.54, 1.807) is 0 Å². The largest absolute Gasteiger partial charge is 0.303 e. The van der Waals surface area contributed by atoms with Gasteiger partial charge in [0.15, 0.2) is 0 Å². The summed E-state index contributed by atoms with van der Waals surface area (Å²) >= 11 is 0. The van der Waals surface area contributed by atoms with Crippen molar-refractivity contribution < 1.29 is 4.79 Å². The fraction of sp³-hybridized carbons (Fsp3) is 0.769. The molecule has 1 fully saturated rings. The van der Waals surface area contributed by atoms with Gasteiger partial charge < -0.3 is 4.79 Å². The minimum Gasteiger partial charge on any atom is -0.303 e. The van der Waals surface area contributed by atoms with Gasteiger partial charge in [-0.2, -0.15) is 0 Å². The summed E-state index contributed by atoms with van der Waals surface area (Å²) in [6, 6.07) is 0. The van der Waals surface area contributed by atoms with Gasteiger partial charge in [-0.25, -0.2) is 0 Å². The minimum absolute atomic E-state index is 0.376. The van der Waals surface area contributed by atoms with Gasteiger partial charge in [0.1, 0.15) is 6.29 Å². The fourth-order valence-electron chi connectivity index (χ4n) is 2.64. The van der Waals surface area contributed by atoms with Gasteiger partial charge in [-0.05, 0) is 38.0 Å². The second-order valence-electron chi connectivity index (χ2n) is 4.68. The highest BCUT2D eigenvalue weighted by atomic mass is 16.1. The first-order valence-electron chi connectivity index (χ1n) is 5.81. The SMILES string of the molecule is C=C(C)C1(CCCC=O)CCCCC1. The van der Waals surface area contributed by atoms with Crippen molar-refractivity contribution in [3.05, 3.63) is 12.2 Å². The highest BCUT2D eigenvalue weighted by Gasteiger charge is 2.31. The monoisotopic (exact) mass is 194 g/mol. The summed E-state index contributed by atoms with van der Waals surface area (Å²) in [5, 5.41) is 0. The molecule has 0 N–H and O–H groups in total. The van der Waals surface area contributed by atoms with Crippen LogP contribution in [0.5, 0.6) is 0 Å². The van der Waals surface area contributed by atoms with E-state index in [0.29, 0.717) is 5.41 Å². The molecule has 14 heavy (non-hydrogen) atoms. The molecule has 0 amide bonds. The summed E-state index contributed by atoms with van der Waals surface area (Å²) in [5.74, 6) is 0. The Morgan fingerprint density at radius 3 is 2.50 bits per heavy atom. The molecule has 0 aromatic rings. The van der Waals surface area contributed by atoms with E-state index >= 15 is 0 Å². The van der Waals surface area contributed by atoms with Crippen molar-refractivity contribution >= 4 is 6.29 Å². The number of unbranched alkanes of at least 4 members (excludes halogenated alkanes) is 1. The third-order valence-corrected chi connectivity index (χ3v) is 3.69. The van der Waals surface area contributed by atoms with Gasteiger partial charge in [-0.15, -0.1) is 0 Å². The van der Waals surface area contributed by atoms with E-state index in [9.17, 15) is 4.79 Å². The number of carbonyl (C=O) groups excluding carboxylic acids is 1. The predicted octanol–water partition coefficient (Wildman–Crippen LogP) is 3.88. The number of aldehydes is 1. The van der Waals surface area contributed by atoms with Gasteiger partial charge in [-0.1, -0.05) is 31.4 Å². The normalized spacial score (nSPS) is 20.4. The molecule has 1 aliphatic carbocycles. The zero-order chi connectivity index (χ0) is 10.4. The Bertz CT molecular complexity index is 199. The van der Waals surface area contributed by atoms with Crippen LogP contribution in [0.2, 0.25) is 0 Å². The first-order chi connectivity index (χ1) is 6.71. The van der Waals surface area contributed by atoms with Crippen LogP contribution in [-0.4, -0.2) is 6.29 Å². The third kappa shape index (κ3) is 2.70. The van der Waals surface area contributed by atoms with Crippen LogP contribution in [0.1, 0.15) is 58.3 Å². The molecular weight excluding hydrogens is 172 g/mol. The molecule has 0 radical (unpaired) electrons. The maximum absolute atomic E-state index is 10.3. The Morgan fingerprint density at radius 1 is 1.36 bits per heavy atom. The highest BCUT2D eigenvalue weighted by Crippen LogP contribution is 2.45. The van der Waals surface area contributed by atoms with Crippen molar-refractivity contribution in [1.29, 1.82) is 0 Å². The fourth-order valence-corrected chi connectivity index (χ4v) is 2.64. The zero-order valence-electron chi connectivity index (χ0n) is 9.35. The molecule has 0 saturated heterocycles. The molecule has 0 aliphatic heterocycles. The quantitative estimate of drug-likeness (QED) is 0.369. The van der Waals surface area contributed by atoms with Gasteiger partial charge >= 0.3 is 0 Å². The summed E-state index contributed by atoms with van der Waals surface area (Å²) in [6.07, 6.45) is 10.6. The molecule has 1 nitrogen and oxygen atoms in total. The van der Waals surface area contributed by atoms with E-state index in [1.165, 1.54) is 44.1 Å². The first kappa shape index (κ1) is 11.5. The van der Waals surface area contributed by atoms with Crippen LogP contribution in [0.25, 0.3) is 0 Å². The number of carbonyl (C=O) groups is 1. The number of rotatable bonds is 5. The molecule has 0 aromatic heterocycles. The molecule has 0 unspecified atom stereocenters. The number of hydrogen-bond donors (Lipinski definition) is 0. The van der Waals surface area contributed by atoms with Crippen molar-refractivity contribution in [1.82, 2.24) is 0 Å². The van der Waals surface area contributed by atoms with E-state index in [1.807, 2.05) is 0 Å². The molecule has 0 aromatic carbocycles. The van der Waals surface area contributed by atoms with Gasteiger partial charge in [0.2, 0.25) is 0 Å². The van der Waals surface area contributed by atoms with E-state index in [4.69, 9.17) is 0 Å². The molecular formula is C13H22O. The molecule has 0 spiro atoms. The average Bonchev–Trinajstić information content (AvgIpc) is 2.19. The summed E-state index contributed by atoms with van der Waals surface area (Å²) in [5.41, 5.74) is 1.71. The molecule has 0 heterocycles. The lowest BCUT2D eigenvalue weighted by atomic mass is 9.67. The van der Waals surface area contributed by atoms with Crippen LogP contribution in [0.3, 0.4) is 0 Å². The lowest BCUT2D eigenvalue weighted by Crippen LogP contribution is -2.25. The lowest BCUT2D eigenvalue weighted by molar-refractivity contribution is -0.108. The van der Waals surface area contributed by atoms with E-state index < -0.39 is 0 Å². The number of hydrogen-bond acceptors (Lipinski definition) is 1. The van der Waals surface area contributed by atoms with Crippen LogP contribution in [0.15, 0.2) is 12.2 Å². The molecule has 1 rings (SSSR count). The Morgan fingerprint density at radius 2 is 2.00 bits per heavy atom. The molecule has 0 bridgehead atoms. The summed E-state index contributed by atoms with van der Waals surface area (Å²) in [4.78, 5) is 10.3. The van der Waals surface area contributed by atoms with Crippen LogP contribution in [-0.2, 0) is 4.79 Å². The predicted molar refractivity (Wildman–Crippen MR) is 60.2 cm³/mol. The van der Waals surface area contributed by atoms with Gasteiger partial charge in [-0.3, -0.25) is 0 Å². The lowest BCUT2D eigenvalue weighted by Gasteiger charge is -2.38. The second-order valence-corrected chi connectivity index (χ2v) is 4.68. The highest BCUT2D eigenvalue weighted by molar-refractivity contribution is 5.49. The number of allylic oxidation sites excluding steroid dienone is 1. The maximum Gasteiger partial charge on any atom is 0.119 e. The van der Waals surface area contributed by atoms with E-state index in [2.05, 4.69) is 13.5 Å². The maximum atomic E-state index is 10.3. The summed E-state index contributed by atoms with van der Waals surface area (Å²) in [6.45, 7) is 6.30. The van der Waals surface area contributed by atoms with Crippen molar-refractivity contribution in [3.63, 3.8) is 0 Å². The molecule has 80 valence electrons. The first-order valence-corrected chi connectivity index (χ1v) is 5.81. The van der Waals surface area contributed by atoms with Crippen molar-refractivity contribution in [2.45, 2.75) is 58.3 Å². The zero-order valence-corrected chi connectivity index (χ0v) is 9.35. The van der Waals surface area contributed by atoms with Crippen LogP contribution >= 0.6 is 0 Å². The summed E-state index contributed by atoms with van der Waals surface area (Å²) in [7, 11) is 0. The molecule has 0 atom stereocenters. The van der Waals surface area contributed by atoms with Gasteiger partial charge in [0, 0.05) is 6.42 Å². The summed E-state index contributed by atoms with van der Waals surface area (Å²) < 4.78 is 0. The Hall–Kier alpha value is -0.590. The van der Waals surface area contributed by atoms with Gasteiger partial charge in [0.25, 0.3) is 0 Å². The Balaban J connectivity index is 2.51. The second kappa shape index (κ2) is 5.33. The van der Waals surface area contributed by atoms with Gasteiger partial charge in [0.05, 0.1) is 0 Å². The minimum atomic E-state index is 0.376. The van der Waals surface area contributed by atoms with Crippen LogP contribution < -0.4 is 0 Å². The van der Waals surface area contributed by atoms with E-state index in [-0.39, 0.29) is 0 Å². The van der Waals surface area contributed by atoms with Crippen molar-refractivity contribution in [2.75, 3.05) is 0 Å². The van der Waals surface area contributed by atoms with Crippen LogP contribution in [0.4, 0.5) is 0 Å². The molecule has 1 heteroatoms. The van der Waals surface area contributed by atoms with Crippen LogP contribution in [0, 0.1) is 5.41 Å². The Kier molecular flexibility index (Phi) is 4.37. The molecule has 1 saturated carbocycles. The van der Waals surface area contributed by atoms with Crippen molar-refractivity contribution in [2.24, 2.45) is 5.41 Å².